The standard InChI is InChI=1S/C20H20N2O3/c1-14-6-8-16(9-7-14)19-11-18(25-22-19)12-21-20(23)13-24-17-5-3-4-15(2)10-17/h3-11H,12-13H2,1-2H3,(H,21,23). The minimum Gasteiger partial charge on any atom is -0.484 e. The van der Waals surface area contributed by atoms with Gasteiger partial charge in [0.25, 0.3) is 5.91 Å². The number of amides is 1. The van der Waals surface area contributed by atoms with Gasteiger partial charge in [0, 0.05) is 11.6 Å². The molecule has 0 aliphatic heterocycles. The molecule has 1 aromatic heterocycles. The van der Waals surface area contributed by atoms with Gasteiger partial charge in [-0.2, -0.15) is 0 Å². The molecule has 0 unspecified atom stereocenters. The molecule has 3 aromatic rings. The normalized spacial score (nSPS) is 10.5. The largest absolute Gasteiger partial charge is 0.484 e. The Morgan fingerprint density at radius 3 is 2.64 bits per heavy atom. The predicted molar refractivity (Wildman–Crippen MR) is 95.2 cm³/mol. The summed E-state index contributed by atoms with van der Waals surface area (Å²) < 4.78 is 10.7. The summed E-state index contributed by atoms with van der Waals surface area (Å²) in [6, 6.07) is 17.4. The van der Waals surface area contributed by atoms with Crippen molar-refractivity contribution in [2.45, 2.75) is 20.4 Å². The summed E-state index contributed by atoms with van der Waals surface area (Å²) in [7, 11) is 0. The van der Waals surface area contributed by atoms with E-state index in [-0.39, 0.29) is 19.1 Å². The Morgan fingerprint density at radius 1 is 1.08 bits per heavy atom. The maximum absolute atomic E-state index is 11.9. The first-order chi connectivity index (χ1) is 12.1. The quantitative estimate of drug-likeness (QED) is 0.746. The molecule has 1 N–H and O–H groups in total. The van der Waals surface area contributed by atoms with Crippen LogP contribution < -0.4 is 10.1 Å². The molecule has 0 spiro atoms. The summed E-state index contributed by atoms with van der Waals surface area (Å²) >= 11 is 0. The SMILES string of the molecule is Cc1ccc(-c2cc(CNC(=O)COc3cccc(C)c3)on2)cc1. The summed E-state index contributed by atoms with van der Waals surface area (Å²) in [4.78, 5) is 11.9. The first-order valence-corrected chi connectivity index (χ1v) is 8.09. The first-order valence-electron chi connectivity index (χ1n) is 8.09. The number of carbonyl (C=O) groups excluding carboxylic acids is 1. The highest BCUT2D eigenvalue weighted by atomic mass is 16.5. The lowest BCUT2D eigenvalue weighted by Gasteiger charge is -2.06. The molecule has 1 amide bonds. The van der Waals surface area contributed by atoms with Crippen molar-refractivity contribution < 1.29 is 14.1 Å². The molecular weight excluding hydrogens is 316 g/mol. The van der Waals surface area contributed by atoms with Crippen molar-refractivity contribution in [3.63, 3.8) is 0 Å². The van der Waals surface area contributed by atoms with E-state index in [1.165, 1.54) is 5.56 Å². The molecule has 5 heteroatoms. The Kier molecular flexibility index (Phi) is 5.14. The third kappa shape index (κ3) is 4.70. The predicted octanol–water partition coefficient (Wildman–Crippen LogP) is 3.65. The van der Waals surface area contributed by atoms with Crippen LogP contribution in [0.1, 0.15) is 16.9 Å². The van der Waals surface area contributed by atoms with E-state index in [0.717, 1.165) is 16.8 Å². The number of nitrogens with zero attached hydrogens (tertiary/aromatic N) is 1. The zero-order valence-electron chi connectivity index (χ0n) is 14.3. The van der Waals surface area contributed by atoms with Gasteiger partial charge in [-0.15, -0.1) is 0 Å². The smallest absolute Gasteiger partial charge is 0.258 e. The molecule has 0 aliphatic carbocycles. The lowest BCUT2D eigenvalue weighted by molar-refractivity contribution is -0.123. The van der Waals surface area contributed by atoms with Crippen molar-refractivity contribution in [3.05, 3.63) is 71.5 Å². The Bertz CT molecular complexity index is 853. The van der Waals surface area contributed by atoms with Gasteiger partial charge in [-0.25, -0.2) is 0 Å². The molecule has 1 heterocycles. The highest BCUT2D eigenvalue weighted by Gasteiger charge is 2.09. The van der Waals surface area contributed by atoms with Crippen LogP contribution in [0.2, 0.25) is 0 Å². The van der Waals surface area contributed by atoms with Crippen LogP contribution in [0.3, 0.4) is 0 Å². The van der Waals surface area contributed by atoms with Crippen molar-refractivity contribution in [1.82, 2.24) is 10.5 Å². The molecule has 5 nitrogen and oxygen atoms in total. The monoisotopic (exact) mass is 336 g/mol. The zero-order chi connectivity index (χ0) is 17.6. The second-order valence-corrected chi connectivity index (χ2v) is 5.93. The number of benzene rings is 2. The molecule has 3 rings (SSSR count). The van der Waals surface area contributed by atoms with Gasteiger partial charge < -0.3 is 14.6 Å². The minimum atomic E-state index is -0.213. The van der Waals surface area contributed by atoms with Crippen LogP contribution in [0, 0.1) is 13.8 Å². The Balaban J connectivity index is 1.50. The van der Waals surface area contributed by atoms with E-state index in [1.54, 1.807) is 0 Å². The molecule has 25 heavy (non-hydrogen) atoms. The van der Waals surface area contributed by atoms with E-state index in [0.29, 0.717) is 11.5 Å². The van der Waals surface area contributed by atoms with Gasteiger partial charge in [0.05, 0.1) is 6.54 Å². The van der Waals surface area contributed by atoms with Gasteiger partial charge in [-0.1, -0.05) is 47.1 Å². The van der Waals surface area contributed by atoms with Gasteiger partial charge in [0.2, 0.25) is 0 Å². The molecule has 0 radical (unpaired) electrons. The van der Waals surface area contributed by atoms with Crippen molar-refractivity contribution in [2.24, 2.45) is 0 Å². The molecule has 0 saturated carbocycles. The van der Waals surface area contributed by atoms with Crippen molar-refractivity contribution in [3.8, 4) is 17.0 Å². The van der Waals surface area contributed by atoms with Gasteiger partial charge in [0.15, 0.2) is 12.4 Å². The maximum atomic E-state index is 11.9. The number of hydrogen-bond donors (Lipinski definition) is 1. The van der Waals surface area contributed by atoms with Crippen molar-refractivity contribution in [1.29, 1.82) is 0 Å². The summed E-state index contributed by atoms with van der Waals surface area (Å²) in [5.41, 5.74) is 4.01. The van der Waals surface area contributed by atoms with Gasteiger partial charge in [-0.3, -0.25) is 4.79 Å². The fourth-order valence-corrected chi connectivity index (χ4v) is 2.35. The van der Waals surface area contributed by atoms with E-state index in [1.807, 2.05) is 68.4 Å². The summed E-state index contributed by atoms with van der Waals surface area (Å²) in [6.07, 6.45) is 0. The van der Waals surface area contributed by atoms with Crippen LogP contribution in [0.15, 0.2) is 59.1 Å². The van der Waals surface area contributed by atoms with Crippen LogP contribution in [0.5, 0.6) is 5.75 Å². The van der Waals surface area contributed by atoms with Crippen molar-refractivity contribution in [2.75, 3.05) is 6.61 Å². The van der Waals surface area contributed by atoms with Crippen molar-refractivity contribution >= 4 is 5.91 Å². The third-order valence-corrected chi connectivity index (χ3v) is 3.73. The van der Waals surface area contributed by atoms with Crippen LogP contribution in [-0.4, -0.2) is 17.7 Å². The first kappa shape index (κ1) is 16.8. The zero-order valence-corrected chi connectivity index (χ0v) is 14.3. The van der Waals surface area contributed by atoms with Gasteiger partial charge in [0.1, 0.15) is 11.4 Å². The highest BCUT2D eigenvalue weighted by Crippen LogP contribution is 2.19. The number of aromatic nitrogens is 1. The molecule has 0 aliphatic rings. The third-order valence-electron chi connectivity index (χ3n) is 3.73. The second kappa shape index (κ2) is 7.66. The van der Waals surface area contributed by atoms with Crippen LogP contribution in [0.4, 0.5) is 0 Å². The van der Waals surface area contributed by atoms with Gasteiger partial charge in [-0.05, 0) is 31.5 Å². The molecule has 0 bridgehead atoms. The maximum Gasteiger partial charge on any atom is 0.258 e. The summed E-state index contributed by atoms with van der Waals surface area (Å²) in [5, 5.41) is 6.80. The lowest BCUT2D eigenvalue weighted by atomic mass is 10.1. The number of carbonyl (C=O) groups is 1. The molecule has 2 aromatic carbocycles. The number of nitrogens with one attached hydrogen (secondary N) is 1. The molecule has 0 fully saturated rings. The summed E-state index contributed by atoms with van der Waals surface area (Å²) in [5.74, 6) is 1.06. The Hall–Kier alpha value is -3.08. The molecule has 0 atom stereocenters. The lowest BCUT2D eigenvalue weighted by Crippen LogP contribution is -2.28. The van der Waals surface area contributed by atoms with Gasteiger partial charge >= 0.3 is 0 Å². The van der Waals surface area contributed by atoms with Crippen LogP contribution >= 0.6 is 0 Å². The average molecular weight is 336 g/mol. The van der Waals surface area contributed by atoms with Crippen LogP contribution in [0.25, 0.3) is 11.3 Å². The topological polar surface area (TPSA) is 64.4 Å². The molecule has 128 valence electrons. The fraction of sp³-hybridized carbons (Fsp3) is 0.200. The second-order valence-electron chi connectivity index (χ2n) is 5.93. The molecular formula is C20H20N2O3. The number of hydrogen-bond acceptors (Lipinski definition) is 4. The Morgan fingerprint density at radius 2 is 1.88 bits per heavy atom. The number of ether oxygens (including phenoxy) is 1. The summed E-state index contributed by atoms with van der Waals surface area (Å²) in [6.45, 7) is 4.24. The van der Waals surface area contributed by atoms with E-state index in [9.17, 15) is 4.79 Å². The Labute approximate surface area is 146 Å². The van der Waals surface area contributed by atoms with Crippen LogP contribution in [-0.2, 0) is 11.3 Å². The average Bonchev–Trinajstić information content (AvgIpc) is 3.08. The number of aryl methyl sites for hydroxylation is 2. The molecule has 0 saturated heterocycles. The minimum absolute atomic E-state index is 0.0393. The van der Waals surface area contributed by atoms with E-state index in [4.69, 9.17) is 9.26 Å². The fourth-order valence-electron chi connectivity index (χ4n) is 2.35. The van der Waals surface area contributed by atoms with E-state index < -0.39 is 0 Å². The number of rotatable bonds is 6. The van der Waals surface area contributed by atoms with E-state index >= 15 is 0 Å². The van der Waals surface area contributed by atoms with E-state index in [2.05, 4.69) is 10.5 Å². The highest BCUT2D eigenvalue weighted by molar-refractivity contribution is 5.77.